The second-order valence-electron chi connectivity index (χ2n) is 5.37. The van der Waals surface area contributed by atoms with Gasteiger partial charge in [-0.1, -0.05) is 11.8 Å². The maximum Gasteiger partial charge on any atom is 0.451 e. The van der Waals surface area contributed by atoms with E-state index in [-0.39, 0.29) is 17.1 Å². The maximum absolute atomic E-state index is 12.7. The first kappa shape index (κ1) is 18.3. The highest BCUT2D eigenvalue weighted by atomic mass is 32.2. The molecule has 132 valence electrons. The number of nitrogens with one attached hydrogen (secondary N) is 1. The molecule has 0 aliphatic heterocycles. The summed E-state index contributed by atoms with van der Waals surface area (Å²) in [6.07, 6.45) is -3.03. The molecule has 0 fully saturated rings. The van der Waals surface area contributed by atoms with E-state index in [4.69, 9.17) is 0 Å². The largest absolute Gasteiger partial charge is 0.451 e. The van der Waals surface area contributed by atoms with Crippen molar-refractivity contribution in [1.82, 2.24) is 24.5 Å². The highest BCUT2D eigenvalue weighted by Gasteiger charge is 2.37. The van der Waals surface area contributed by atoms with Gasteiger partial charge in [0.1, 0.15) is 5.82 Å². The molecule has 0 spiro atoms. The Morgan fingerprint density at radius 2 is 1.96 bits per heavy atom. The van der Waals surface area contributed by atoms with E-state index in [1.54, 1.807) is 23.9 Å². The number of anilines is 1. The van der Waals surface area contributed by atoms with E-state index >= 15 is 0 Å². The number of aromatic nitrogens is 5. The van der Waals surface area contributed by atoms with Gasteiger partial charge in [-0.3, -0.25) is 4.79 Å². The van der Waals surface area contributed by atoms with Crippen LogP contribution in [-0.4, -0.2) is 35.7 Å². The second-order valence-corrected chi connectivity index (χ2v) is 6.68. The van der Waals surface area contributed by atoms with Crippen LogP contribution in [0.15, 0.2) is 17.4 Å². The Labute approximate surface area is 140 Å². The lowest BCUT2D eigenvalue weighted by Gasteiger charge is -2.14. The van der Waals surface area contributed by atoms with Crippen molar-refractivity contribution in [3.8, 4) is 0 Å². The number of carbonyl (C=O) groups is 1. The Morgan fingerprint density at radius 3 is 2.50 bits per heavy atom. The van der Waals surface area contributed by atoms with Gasteiger partial charge < -0.3 is 9.88 Å². The van der Waals surface area contributed by atoms with Crippen LogP contribution in [0.2, 0.25) is 0 Å². The first-order valence-corrected chi connectivity index (χ1v) is 7.96. The van der Waals surface area contributed by atoms with Crippen LogP contribution in [0.5, 0.6) is 0 Å². The monoisotopic (exact) mass is 362 g/mol. The van der Waals surface area contributed by atoms with Crippen molar-refractivity contribution in [2.45, 2.75) is 43.4 Å². The van der Waals surface area contributed by atoms with Crippen LogP contribution in [0.1, 0.15) is 32.6 Å². The lowest BCUT2D eigenvalue weighted by Crippen LogP contribution is -2.25. The lowest BCUT2D eigenvalue weighted by molar-refractivity contribution is -0.147. The van der Waals surface area contributed by atoms with E-state index < -0.39 is 17.3 Å². The lowest BCUT2D eigenvalue weighted by atomic mass is 10.4. The molecule has 0 unspecified atom stereocenters. The Morgan fingerprint density at radius 1 is 1.29 bits per heavy atom. The van der Waals surface area contributed by atoms with Gasteiger partial charge in [0, 0.05) is 19.2 Å². The van der Waals surface area contributed by atoms with Gasteiger partial charge in [-0.25, -0.2) is 4.68 Å². The SMILES string of the molecule is CC(C)n1nccc1NC(=O)[C@@H](C)Sc1nnc(C(F)(F)F)n1C. The summed E-state index contributed by atoms with van der Waals surface area (Å²) in [4.78, 5) is 12.3. The average Bonchev–Trinajstić information content (AvgIpc) is 3.05. The van der Waals surface area contributed by atoms with Gasteiger partial charge in [0.25, 0.3) is 0 Å². The van der Waals surface area contributed by atoms with Crippen LogP contribution in [0.25, 0.3) is 0 Å². The van der Waals surface area contributed by atoms with Crippen molar-refractivity contribution in [2.75, 3.05) is 5.32 Å². The van der Waals surface area contributed by atoms with Crippen LogP contribution in [0, 0.1) is 0 Å². The molecule has 1 amide bonds. The summed E-state index contributed by atoms with van der Waals surface area (Å²) < 4.78 is 40.6. The molecule has 0 saturated carbocycles. The molecule has 0 aromatic carbocycles. The standard InChI is InChI=1S/C13H17F3N6OS/c1-7(2)22-9(5-6-17-22)18-10(23)8(3)24-12-20-19-11(21(12)4)13(14,15)16/h5-8H,1-4H3,(H,18,23)/t8-/m1/s1. The minimum absolute atomic E-state index is 0.0161. The third-order valence-electron chi connectivity index (χ3n) is 3.15. The number of amides is 1. The Bertz CT molecular complexity index is 724. The molecule has 1 N–H and O–H groups in total. The summed E-state index contributed by atoms with van der Waals surface area (Å²) in [5, 5.41) is 12.8. The van der Waals surface area contributed by atoms with Crippen molar-refractivity contribution in [2.24, 2.45) is 7.05 Å². The molecule has 0 aliphatic carbocycles. The molecular formula is C13H17F3N6OS. The molecule has 24 heavy (non-hydrogen) atoms. The van der Waals surface area contributed by atoms with Crippen molar-refractivity contribution >= 4 is 23.5 Å². The summed E-state index contributed by atoms with van der Waals surface area (Å²) >= 11 is 0.899. The highest BCUT2D eigenvalue weighted by molar-refractivity contribution is 8.00. The van der Waals surface area contributed by atoms with Gasteiger partial charge in [-0.05, 0) is 20.8 Å². The van der Waals surface area contributed by atoms with Gasteiger partial charge in [0.15, 0.2) is 5.16 Å². The van der Waals surface area contributed by atoms with Crippen LogP contribution in [0.3, 0.4) is 0 Å². The zero-order valence-corrected chi connectivity index (χ0v) is 14.3. The van der Waals surface area contributed by atoms with Gasteiger partial charge in [-0.15, -0.1) is 10.2 Å². The van der Waals surface area contributed by atoms with E-state index in [2.05, 4.69) is 20.6 Å². The molecule has 11 heteroatoms. The normalized spacial score (nSPS) is 13.3. The van der Waals surface area contributed by atoms with E-state index in [0.717, 1.165) is 16.3 Å². The van der Waals surface area contributed by atoms with Crippen molar-refractivity contribution in [3.05, 3.63) is 18.1 Å². The van der Waals surface area contributed by atoms with Crippen molar-refractivity contribution in [1.29, 1.82) is 0 Å². The van der Waals surface area contributed by atoms with Crippen LogP contribution in [0.4, 0.5) is 19.0 Å². The van der Waals surface area contributed by atoms with Crippen LogP contribution >= 0.6 is 11.8 Å². The van der Waals surface area contributed by atoms with Gasteiger partial charge in [-0.2, -0.15) is 18.3 Å². The number of rotatable bonds is 5. The molecule has 0 saturated heterocycles. The molecule has 0 radical (unpaired) electrons. The first-order valence-electron chi connectivity index (χ1n) is 7.09. The summed E-state index contributed by atoms with van der Waals surface area (Å²) in [5.74, 6) is -0.939. The quantitative estimate of drug-likeness (QED) is 0.828. The van der Waals surface area contributed by atoms with Gasteiger partial charge >= 0.3 is 6.18 Å². The first-order chi connectivity index (χ1) is 11.1. The fourth-order valence-corrected chi connectivity index (χ4v) is 2.74. The molecule has 1 atom stereocenters. The number of halogens is 3. The number of hydrogen-bond acceptors (Lipinski definition) is 5. The number of hydrogen-bond donors (Lipinski definition) is 1. The fourth-order valence-electron chi connectivity index (χ4n) is 1.93. The molecule has 2 heterocycles. The molecule has 7 nitrogen and oxygen atoms in total. The molecular weight excluding hydrogens is 345 g/mol. The zero-order valence-electron chi connectivity index (χ0n) is 13.5. The van der Waals surface area contributed by atoms with Gasteiger partial charge in [0.05, 0.1) is 11.4 Å². The topological polar surface area (TPSA) is 77.6 Å². The Kier molecular flexibility index (Phi) is 5.21. The highest BCUT2D eigenvalue weighted by Crippen LogP contribution is 2.31. The molecule has 0 bridgehead atoms. The maximum atomic E-state index is 12.7. The molecule has 2 aromatic rings. The average molecular weight is 362 g/mol. The number of thioether (sulfide) groups is 1. The van der Waals surface area contributed by atoms with E-state index in [1.807, 2.05) is 13.8 Å². The van der Waals surface area contributed by atoms with Crippen molar-refractivity contribution < 1.29 is 18.0 Å². The van der Waals surface area contributed by atoms with E-state index in [9.17, 15) is 18.0 Å². The number of alkyl halides is 3. The summed E-state index contributed by atoms with van der Waals surface area (Å²) in [6.45, 7) is 5.41. The van der Waals surface area contributed by atoms with Crippen LogP contribution in [-0.2, 0) is 18.0 Å². The number of nitrogens with zero attached hydrogens (tertiary/aromatic N) is 5. The molecule has 2 aromatic heterocycles. The molecule has 2 rings (SSSR count). The predicted octanol–water partition coefficient (Wildman–Crippen LogP) is 2.73. The summed E-state index contributed by atoms with van der Waals surface area (Å²) in [5.41, 5.74) is 0. The minimum atomic E-state index is -4.59. The van der Waals surface area contributed by atoms with Gasteiger partial charge in [0.2, 0.25) is 11.7 Å². The fraction of sp³-hybridized carbons (Fsp3) is 0.538. The number of carbonyl (C=O) groups excluding carboxylic acids is 1. The predicted molar refractivity (Wildman–Crippen MR) is 82.6 cm³/mol. The summed E-state index contributed by atoms with van der Waals surface area (Å²) in [7, 11) is 1.21. The third-order valence-corrected chi connectivity index (χ3v) is 4.28. The van der Waals surface area contributed by atoms with Crippen molar-refractivity contribution in [3.63, 3.8) is 0 Å². The van der Waals surface area contributed by atoms with E-state index in [1.165, 1.54) is 7.05 Å². The molecule has 0 aliphatic rings. The van der Waals surface area contributed by atoms with E-state index in [0.29, 0.717) is 5.82 Å². The smallest absolute Gasteiger partial charge is 0.310 e. The third kappa shape index (κ3) is 3.89. The minimum Gasteiger partial charge on any atom is -0.310 e. The zero-order chi connectivity index (χ0) is 18.1. The van der Waals surface area contributed by atoms with Crippen LogP contribution < -0.4 is 5.32 Å². The Balaban J connectivity index is 2.07. The summed E-state index contributed by atoms with van der Waals surface area (Å²) in [6, 6.07) is 1.71. The second kappa shape index (κ2) is 6.83. The Hall–Kier alpha value is -2.04.